The van der Waals surface area contributed by atoms with E-state index < -0.39 is 6.04 Å². The van der Waals surface area contributed by atoms with E-state index in [0.29, 0.717) is 24.0 Å². The number of nitrogens with one attached hydrogen (secondary N) is 1. The third kappa shape index (κ3) is 4.97. The molecule has 0 fully saturated rings. The second-order valence-electron chi connectivity index (χ2n) is 9.97. The molecule has 0 saturated carbocycles. The Bertz CT molecular complexity index is 1420. The van der Waals surface area contributed by atoms with Crippen LogP contribution in [0.5, 0.6) is 0 Å². The van der Waals surface area contributed by atoms with E-state index >= 15 is 0 Å². The first-order valence-electron chi connectivity index (χ1n) is 13.2. The van der Waals surface area contributed by atoms with Gasteiger partial charge in [-0.25, -0.2) is 4.39 Å². The topological polar surface area (TPSA) is 73.2 Å². The lowest BCUT2D eigenvalue weighted by molar-refractivity contribution is -0.119. The summed E-state index contributed by atoms with van der Waals surface area (Å²) in [5.41, 5.74) is 5.06. The predicted molar refractivity (Wildman–Crippen MR) is 146 cm³/mol. The number of Topliss-reactive ketones (excluding diaryl/α,β-unsaturated/α-hetero) is 1. The number of hydrogen-bond acceptors (Lipinski definition) is 4. The summed E-state index contributed by atoms with van der Waals surface area (Å²) >= 11 is 0. The number of halogens is 1. The molecule has 0 saturated heterocycles. The van der Waals surface area contributed by atoms with E-state index in [0.717, 1.165) is 47.5 Å². The second-order valence-corrected chi connectivity index (χ2v) is 9.97. The lowest BCUT2D eigenvalue weighted by atomic mass is 9.78. The number of allylic oxidation sites excluding steroid dienone is 1. The summed E-state index contributed by atoms with van der Waals surface area (Å²) in [6.45, 7) is 2.10. The molecule has 38 heavy (non-hydrogen) atoms. The Balaban J connectivity index is 1.66. The third-order valence-electron chi connectivity index (χ3n) is 7.45. The van der Waals surface area contributed by atoms with Gasteiger partial charge < -0.3 is 5.32 Å². The highest BCUT2D eigenvalue weighted by molar-refractivity contribution is 6.06. The van der Waals surface area contributed by atoms with Gasteiger partial charge in [-0.2, -0.15) is 5.26 Å². The molecule has 2 aliphatic rings. The Labute approximate surface area is 222 Å². The van der Waals surface area contributed by atoms with E-state index in [1.165, 1.54) is 12.1 Å². The fourth-order valence-corrected chi connectivity index (χ4v) is 5.54. The Kier molecular flexibility index (Phi) is 7.37. The second kappa shape index (κ2) is 11.0. The maximum atomic E-state index is 14.0. The zero-order chi connectivity index (χ0) is 26.6. The van der Waals surface area contributed by atoms with Crippen molar-refractivity contribution in [2.24, 2.45) is 0 Å². The third-order valence-corrected chi connectivity index (χ3v) is 7.45. The van der Waals surface area contributed by atoms with E-state index in [1.807, 2.05) is 36.4 Å². The molecule has 192 valence electrons. The molecular formula is C32H30FN3O2. The van der Waals surface area contributed by atoms with E-state index in [1.54, 1.807) is 29.2 Å². The van der Waals surface area contributed by atoms with Gasteiger partial charge in [-0.15, -0.1) is 0 Å². The lowest BCUT2D eigenvalue weighted by Crippen LogP contribution is -2.38. The molecule has 3 aromatic carbocycles. The number of nitriles is 1. The number of fused-ring (bicyclic) bond motifs is 1. The fourth-order valence-electron chi connectivity index (χ4n) is 5.54. The quantitative estimate of drug-likeness (QED) is 0.359. The SMILES string of the molecule is CCCCCC(=O)N1c2ccccc2NC2=C(C(=O)C[C@H](c3ccc(F)cc3)C2)[C@H]1c1ccc(C#N)cc1. The van der Waals surface area contributed by atoms with Gasteiger partial charge in [0.05, 0.1) is 29.0 Å². The Morgan fingerprint density at radius 2 is 1.71 bits per heavy atom. The molecule has 1 heterocycles. The zero-order valence-electron chi connectivity index (χ0n) is 21.4. The van der Waals surface area contributed by atoms with Crippen LogP contribution in [0.1, 0.15) is 74.1 Å². The molecule has 5 rings (SSSR count). The number of anilines is 2. The Morgan fingerprint density at radius 1 is 1.00 bits per heavy atom. The summed E-state index contributed by atoms with van der Waals surface area (Å²) in [7, 11) is 0. The van der Waals surface area contributed by atoms with Gasteiger partial charge in [-0.3, -0.25) is 14.5 Å². The summed E-state index contributed by atoms with van der Waals surface area (Å²) in [5, 5.41) is 12.9. The normalized spacial score (nSPS) is 18.7. The predicted octanol–water partition coefficient (Wildman–Crippen LogP) is 7.18. The number of amides is 1. The minimum absolute atomic E-state index is 0.0377. The van der Waals surface area contributed by atoms with Gasteiger partial charge in [0.15, 0.2) is 5.78 Å². The minimum Gasteiger partial charge on any atom is -0.357 e. The fraction of sp³-hybridized carbons (Fsp3) is 0.281. The van der Waals surface area contributed by atoms with Crippen LogP contribution in [0.25, 0.3) is 0 Å². The van der Waals surface area contributed by atoms with Gasteiger partial charge in [0, 0.05) is 24.1 Å². The first-order valence-corrected chi connectivity index (χ1v) is 13.2. The van der Waals surface area contributed by atoms with Crippen LogP contribution in [0.15, 0.2) is 84.1 Å². The number of carbonyl (C=O) groups is 2. The summed E-state index contributed by atoms with van der Waals surface area (Å²) in [6.07, 6.45) is 3.94. The van der Waals surface area contributed by atoms with Crippen molar-refractivity contribution >= 4 is 23.1 Å². The first-order chi connectivity index (χ1) is 18.5. The molecule has 2 atom stereocenters. The van der Waals surface area contributed by atoms with Crippen molar-refractivity contribution in [2.45, 2.75) is 57.4 Å². The molecule has 0 bridgehead atoms. The number of nitrogens with zero attached hydrogens (tertiary/aromatic N) is 2. The standard InChI is InChI=1S/C32H30FN3O2/c1-2-3-4-9-30(38)36-28-8-6-5-7-26(28)35-27-18-24(22-14-16-25(33)17-15-22)19-29(37)31(27)32(36)23-12-10-21(20-34)11-13-23/h5-8,10-17,24,32,35H,2-4,9,18-19H2,1H3/t24-,32-/m1/s1. The lowest BCUT2D eigenvalue weighted by Gasteiger charge is -2.35. The molecule has 1 amide bonds. The molecule has 3 aromatic rings. The van der Waals surface area contributed by atoms with Gasteiger partial charge in [-0.05, 0) is 66.3 Å². The van der Waals surface area contributed by atoms with Crippen molar-refractivity contribution in [3.8, 4) is 6.07 Å². The number of carbonyl (C=O) groups excluding carboxylic acids is 2. The summed E-state index contributed by atoms with van der Waals surface area (Å²) in [4.78, 5) is 29.6. The summed E-state index contributed by atoms with van der Waals surface area (Å²) in [5.74, 6) is -0.490. The molecule has 0 aromatic heterocycles. The summed E-state index contributed by atoms with van der Waals surface area (Å²) < 4.78 is 13.6. The average molecular weight is 508 g/mol. The first kappa shape index (κ1) is 25.4. The maximum absolute atomic E-state index is 14.0. The molecule has 0 unspecified atom stereocenters. The van der Waals surface area contributed by atoms with Crippen LogP contribution in [0.4, 0.5) is 15.8 Å². The van der Waals surface area contributed by atoms with Crippen molar-refractivity contribution in [2.75, 3.05) is 10.2 Å². The number of hydrogen-bond donors (Lipinski definition) is 1. The highest BCUT2D eigenvalue weighted by Gasteiger charge is 2.41. The number of ketones is 1. The number of benzene rings is 3. The molecular weight excluding hydrogens is 477 g/mol. The van der Waals surface area contributed by atoms with Crippen LogP contribution < -0.4 is 10.2 Å². The van der Waals surface area contributed by atoms with Crippen LogP contribution in [-0.4, -0.2) is 11.7 Å². The van der Waals surface area contributed by atoms with E-state index in [4.69, 9.17) is 0 Å². The van der Waals surface area contributed by atoms with Crippen molar-refractivity contribution < 1.29 is 14.0 Å². The molecule has 1 N–H and O–H groups in total. The van der Waals surface area contributed by atoms with Crippen molar-refractivity contribution in [3.63, 3.8) is 0 Å². The molecule has 0 spiro atoms. The molecule has 1 aliphatic carbocycles. The van der Waals surface area contributed by atoms with E-state index in [-0.39, 0.29) is 29.8 Å². The number of rotatable bonds is 6. The monoisotopic (exact) mass is 507 g/mol. The zero-order valence-corrected chi connectivity index (χ0v) is 21.4. The van der Waals surface area contributed by atoms with Crippen LogP contribution in [0.3, 0.4) is 0 Å². The largest absolute Gasteiger partial charge is 0.357 e. The van der Waals surface area contributed by atoms with Gasteiger partial charge in [-0.1, -0.05) is 56.2 Å². The number of unbranched alkanes of at least 4 members (excludes halogenated alkanes) is 2. The summed E-state index contributed by atoms with van der Waals surface area (Å²) in [6, 6.07) is 22.7. The van der Waals surface area contributed by atoms with Gasteiger partial charge in [0.25, 0.3) is 0 Å². The smallest absolute Gasteiger partial charge is 0.227 e. The highest BCUT2D eigenvalue weighted by atomic mass is 19.1. The molecule has 5 nitrogen and oxygen atoms in total. The van der Waals surface area contributed by atoms with E-state index in [9.17, 15) is 19.2 Å². The molecule has 0 radical (unpaired) electrons. The minimum atomic E-state index is -0.621. The van der Waals surface area contributed by atoms with E-state index in [2.05, 4.69) is 18.3 Å². The van der Waals surface area contributed by atoms with Crippen LogP contribution in [0.2, 0.25) is 0 Å². The Morgan fingerprint density at radius 3 is 2.42 bits per heavy atom. The highest BCUT2D eigenvalue weighted by Crippen LogP contribution is 2.47. The van der Waals surface area contributed by atoms with Crippen LogP contribution >= 0.6 is 0 Å². The van der Waals surface area contributed by atoms with Crippen molar-refractivity contribution in [1.82, 2.24) is 0 Å². The van der Waals surface area contributed by atoms with Gasteiger partial charge in [0.2, 0.25) is 5.91 Å². The van der Waals surface area contributed by atoms with Crippen LogP contribution in [0, 0.1) is 17.1 Å². The number of para-hydroxylation sites is 2. The average Bonchev–Trinajstić information content (AvgIpc) is 3.08. The van der Waals surface area contributed by atoms with Gasteiger partial charge in [0.1, 0.15) is 5.82 Å². The molecule has 1 aliphatic heterocycles. The Hall–Kier alpha value is -4.24. The molecule has 6 heteroatoms. The van der Waals surface area contributed by atoms with Gasteiger partial charge >= 0.3 is 0 Å². The van der Waals surface area contributed by atoms with Crippen LogP contribution in [-0.2, 0) is 9.59 Å². The van der Waals surface area contributed by atoms with Crippen molar-refractivity contribution in [1.29, 1.82) is 5.26 Å². The van der Waals surface area contributed by atoms with Crippen molar-refractivity contribution in [3.05, 3.63) is 107 Å². The maximum Gasteiger partial charge on any atom is 0.227 e.